The summed E-state index contributed by atoms with van der Waals surface area (Å²) in [7, 11) is 0. The van der Waals surface area contributed by atoms with E-state index < -0.39 is 0 Å². The monoisotopic (exact) mass is 231 g/mol. The van der Waals surface area contributed by atoms with Crippen LogP contribution >= 0.6 is 0 Å². The van der Waals surface area contributed by atoms with Crippen LogP contribution in [0.3, 0.4) is 0 Å². The maximum absolute atomic E-state index is 12.1. The van der Waals surface area contributed by atoms with E-state index in [1.165, 1.54) is 24.0 Å². The van der Waals surface area contributed by atoms with Gasteiger partial charge in [-0.1, -0.05) is 49.6 Å². The van der Waals surface area contributed by atoms with Gasteiger partial charge in [-0.25, -0.2) is 0 Å². The van der Waals surface area contributed by atoms with Gasteiger partial charge in [-0.3, -0.25) is 4.79 Å². The van der Waals surface area contributed by atoms with Crippen molar-refractivity contribution in [3.63, 3.8) is 0 Å². The van der Waals surface area contributed by atoms with Crippen molar-refractivity contribution in [2.75, 3.05) is 0 Å². The molecule has 0 aromatic heterocycles. The molecule has 2 nitrogen and oxygen atoms in total. The number of carbonyl (C=O) groups is 1. The van der Waals surface area contributed by atoms with Crippen molar-refractivity contribution in [3.05, 3.63) is 35.4 Å². The van der Waals surface area contributed by atoms with E-state index in [2.05, 4.69) is 37.4 Å². The van der Waals surface area contributed by atoms with Gasteiger partial charge in [0.1, 0.15) is 0 Å². The van der Waals surface area contributed by atoms with Gasteiger partial charge in [0.05, 0.1) is 0 Å². The number of aryl methyl sites for hydroxylation is 1. The fourth-order valence-corrected chi connectivity index (χ4v) is 2.60. The fraction of sp³-hybridized carbons (Fsp3) is 0.533. The van der Waals surface area contributed by atoms with Gasteiger partial charge in [0.15, 0.2) is 0 Å². The maximum Gasteiger partial charge on any atom is 0.226 e. The Morgan fingerprint density at radius 3 is 2.71 bits per heavy atom. The van der Waals surface area contributed by atoms with Crippen molar-refractivity contribution in [1.82, 2.24) is 5.32 Å². The second-order valence-corrected chi connectivity index (χ2v) is 5.44. The molecule has 0 radical (unpaired) electrons. The molecule has 0 atom stereocenters. The van der Waals surface area contributed by atoms with Crippen molar-refractivity contribution in [1.29, 1.82) is 0 Å². The third kappa shape index (κ3) is 2.87. The Morgan fingerprint density at radius 2 is 2.06 bits per heavy atom. The van der Waals surface area contributed by atoms with Crippen LogP contribution in [0.5, 0.6) is 0 Å². The molecule has 0 aliphatic heterocycles. The molecule has 2 rings (SSSR count). The minimum absolute atomic E-state index is 0.121. The van der Waals surface area contributed by atoms with Crippen LogP contribution in [-0.4, -0.2) is 5.91 Å². The zero-order valence-electron chi connectivity index (χ0n) is 10.8. The smallest absolute Gasteiger partial charge is 0.226 e. The van der Waals surface area contributed by atoms with Crippen LogP contribution in [0.1, 0.15) is 43.7 Å². The molecule has 1 aliphatic rings. The van der Waals surface area contributed by atoms with Crippen molar-refractivity contribution >= 4 is 5.91 Å². The van der Waals surface area contributed by atoms with Crippen molar-refractivity contribution in [2.24, 2.45) is 5.41 Å². The average molecular weight is 231 g/mol. The third-order valence-corrected chi connectivity index (χ3v) is 3.79. The van der Waals surface area contributed by atoms with Gasteiger partial charge in [-0.15, -0.1) is 0 Å². The lowest BCUT2D eigenvalue weighted by Crippen LogP contribution is -2.36. The molecule has 0 unspecified atom stereocenters. The number of amides is 1. The number of hydrogen-bond donors (Lipinski definition) is 1. The quantitative estimate of drug-likeness (QED) is 0.850. The molecule has 0 saturated heterocycles. The molecular weight excluding hydrogens is 210 g/mol. The summed E-state index contributed by atoms with van der Waals surface area (Å²) in [6.45, 7) is 4.81. The molecular formula is C15H21NO. The molecule has 0 bridgehead atoms. The Bertz CT molecular complexity index is 405. The van der Waals surface area contributed by atoms with Gasteiger partial charge in [-0.2, -0.15) is 0 Å². The summed E-state index contributed by atoms with van der Waals surface area (Å²) in [6.07, 6.45) is 4.45. The van der Waals surface area contributed by atoms with E-state index in [-0.39, 0.29) is 11.3 Å². The topological polar surface area (TPSA) is 29.1 Å². The largest absolute Gasteiger partial charge is 0.352 e. The normalized spacial score (nSPS) is 18.0. The van der Waals surface area contributed by atoms with Gasteiger partial charge in [-0.05, 0) is 25.3 Å². The summed E-state index contributed by atoms with van der Waals surface area (Å²) in [5, 5.41) is 3.07. The van der Waals surface area contributed by atoms with Crippen LogP contribution < -0.4 is 5.32 Å². The molecule has 2 heteroatoms. The Morgan fingerprint density at radius 1 is 1.35 bits per heavy atom. The van der Waals surface area contributed by atoms with E-state index in [4.69, 9.17) is 0 Å². The van der Waals surface area contributed by atoms with E-state index in [9.17, 15) is 4.79 Å². The predicted octanol–water partition coefficient (Wildman–Crippen LogP) is 3.19. The van der Waals surface area contributed by atoms with Crippen molar-refractivity contribution < 1.29 is 4.79 Å². The lowest BCUT2D eigenvalue weighted by atomic mass is 9.88. The lowest BCUT2D eigenvalue weighted by molar-refractivity contribution is -0.130. The first-order valence-electron chi connectivity index (χ1n) is 6.44. The van der Waals surface area contributed by atoms with Crippen LogP contribution in [0, 0.1) is 12.3 Å². The highest BCUT2D eigenvalue weighted by molar-refractivity contribution is 5.82. The summed E-state index contributed by atoms with van der Waals surface area (Å²) in [5.41, 5.74) is 2.30. The second kappa shape index (κ2) is 4.91. The lowest BCUT2D eigenvalue weighted by Gasteiger charge is -2.22. The molecule has 1 N–H and O–H groups in total. The highest BCUT2D eigenvalue weighted by Gasteiger charge is 2.35. The first-order valence-corrected chi connectivity index (χ1v) is 6.44. The van der Waals surface area contributed by atoms with Crippen LogP contribution in [0.2, 0.25) is 0 Å². The van der Waals surface area contributed by atoms with Gasteiger partial charge >= 0.3 is 0 Å². The number of carbonyl (C=O) groups excluding carboxylic acids is 1. The first kappa shape index (κ1) is 12.2. The molecule has 0 heterocycles. The first-order chi connectivity index (χ1) is 8.10. The molecule has 1 aromatic carbocycles. The van der Waals surface area contributed by atoms with E-state index in [0.717, 1.165) is 12.8 Å². The third-order valence-electron chi connectivity index (χ3n) is 3.79. The Labute approximate surface area is 103 Å². The highest BCUT2D eigenvalue weighted by atomic mass is 16.2. The molecule has 0 spiro atoms. The predicted molar refractivity (Wildman–Crippen MR) is 69.6 cm³/mol. The zero-order valence-corrected chi connectivity index (χ0v) is 10.8. The summed E-state index contributed by atoms with van der Waals surface area (Å²) < 4.78 is 0. The second-order valence-electron chi connectivity index (χ2n) is 5.44. The van der Waals surface area contributed by atoms with Gasteiger partial charge in [0.2, 0.25) is 5.91 Å². The molecule has 1 aromatic rings. The highest BCUT2D eigenvalue weighted by Crippen LogP contribution is 2.37. The molecule has 1 fully saturated rings. The van der Waals surface area contributed by atoms with E-state index in [0.29, 0.717) is 6.54 Å². The number of rotatable bonds is 3. The number of benzene rings is 1. The molecule has 92 valence electrons. The number of nitrogens with one attached hydrogen (secondary N) is 1. The van der Waals surface area contributed by atoms with Crippen molar-refractivity contribution in [2.45, 2.75) is 46.1 Å². The SMILES string of the molecule is Cc1cccc(CNC(=O)C2(C)CCCC2)c1. The van der Waals surface area contributed by atoms with E-state index >= 15 is 0 Å². The standard InChI is InChI=1S/C15H21NO/c1-12-6-5-7-13(10-12)11-16-14(17)15(2)8-3-4-9-15/h5-7,10H,3-4,8-9,11H2,1-2H3,(H,16,17). The Hall–Kier alpha value is -1.31. The van der Waals surface area contributed by atoms with Crippen molar-refractivity contribution in [3.8, 4) is 0 Å². The maximum atomic E-state index is 12.1. The zero-order chi connectivity index (χ0) is 12.3. The molecule has 17 heavy (non-hydrogen) atoms. The molecule has 1 aliphatic carbocycles. The fourth-order valence-electron chi connectivity index (χ4n) is 2.60. The Kier molecular flexibility index (Phi) is 3.51. The Balaban J connectivity index is 1.92. The average Bonchev–Trinajstić information content (AvgIpc) is 2.74. The van der Waals surface area contributed by atoms with E-state index in [1.54, 1.807) is 0 Å². The van der Waals surface area contributed by atoms with Crippen LogP contribution in [0.15, 0.2) is 24.3 Å². The van der Waals surface area contributed by atoms with E-state index in [1.807, 2.05) is 6.07 Å². The minimum Gasteiger partial charge on any atom is -0.352 e. The summed E-state index contributed by atoms with van der Waals surface area (Å²) in [6, 6.07) is 8.29. The minimum atomic E-state index is -0.121. The van der Waals surface area contributed by atoms with Gasteiger partial charge in [0.25, 0.3) is 0 Å². The van der Waals surface area contributed by atoms with Gasteiger partial charge in [0, 0.05) is 12.0 Å². The van der Waals surface area contributed by atoms with Crippen LogP contribution in [0.25, 0.3) is 0 Å². The molecule has 1 amide bonds. The van der Waals surface area contributed by atoms with Crippen LogP contribution in [0.4, 0.5) is 0 Å². The number of hydrogen-bond acceptors (Lipinski definition) is 1. The summed E-state index contributed by atoms with van der Waals surface area (Å²) in [4.78, 5) is 12.1. The summed E-state index contributed by atoms with van der Waals surface area (Å²) >= 11 is 0. The van der Waals surface area contributed by atoms with Crippen LogP contribution in [-0.2, 0) is 11.3 Å². The van der Waals surface area contributed by atoms with Gasteiger partial charge < -0.3 is 5.32 Å². The summed E-state index contributed by atoms with van der Waals surface area (Å²) in [5.74, 6) is 0.219. The molecule has 1 saturated carbocycles.